The summed E-state index contributed by atoms with van der Waals surface area (Å²) in [5.74, 6) is 0. The molecule has 2 heterocycles. The van der Waals surface area contributed by atoms with E-state index in [0.29, 0.717) is 0 Å². The minimum Gasteiger partial charge on any atom is -0.324 e. The molecule has 0 amide bonds. The third-order valence-electron chi connectivity index (χ3n) is 1.71. The Morgan fingerprint density at radius 3 is 2.91 bits per heavy atom. The summed E-state index contributed by atoms with van der Waals surface area (Å²) in [4.78, 5) is 2.06. The van der Waals surface area contributed by atoms with Crippen LogP contribution in [0.15, 0.2) is 60.6 Å². The molecule has 0 fully saturated rings. The third kappa shape index (κ3) is 1.05. The first-order valence-corrected chi connectivity index (χ1v) is 3.58. The topological polar surface area (TPSA) is 3.24 Å². The SMILES string of the molecule is C=C1C=CN2C=CC=CC2=C1. The molecular weight excluding hydrogens is 134 g/mol. The van der Waals surface area contributed by atoms with E-state index in [4.69, 9.17) is 0 Å². The van der Waals surface area contributed by atoms with E-state index in [1.165, 1.54) is 5.70 Å². The van der Waals surface area contributed by atoms with Gasteiger partial charge in [-0.1, -0.05) is 12.7 Å². The van der Waals surface area contributed by atoms with Crippen molar-refractivity contribution in [1.82, 2.24) is 4.90 Å². The molecule has 54 valence electrons. The molecule has 0 bridgehead atoms. The minimum atomic E-state index is 1.05. The largest absolute Gasteiger partial charge is 0.324 e. The van der Waals surface area contributed by atoms with Gasteiger partial charge in [-0.3, -0.25) is 0 Å². The summed E-state index contributed by atoms with van der Waals surface area (Å²) in [5, 5.41) is 0. The molecule has 0 atom stereocenters. The summed E-state index contributed by atoms with van der Waals surface area (Å²) in [6.07, 6.45) is 14.2. The lowest BCUT2D eigenvalue weighted by Gasteiger charge is -2.22. The molecule has 0 aromatic rings. The van der Waals surface area contributed by atoms with E-state index >= 15 is 0 Å². The van der Waals surface area contributed by atoms with Crippen LogP contribution in [0.5, 0.6) is 0 Å². The van der Waals surface area contributed by atoms with E-state index in [-0.39, 0.29) is 0 Å². The highest BCUT2D eigenvalue weighted by Crippen LogP contribution is 2.19. The quantitative estimate of drug-likeness (QED) is 0.503. The van der Waals surface area contributed by atoms with Gasteiger partial charge >= 0.3 is 0 Å². The van der Waals surface area contributed by atoms with Crippen LogP contribution in [0.25, 0.3) is 0 Å². The number of nitrogens with zero attached hydrogens (tertiary/aromatic N) is 1. The maximum Gasteiger partial charge on any atom is 0.0455 e. The normalized spacial score (nSPS) is 20.2. The monoisotopic (exact) mass is 143 g/mol. The van der Waals surface area contributed by atoms with Crippen LogP contribution >= 0.6 is 0 Å². The van der Waals surface area contributed by atoms with Crippen LogP contribution in [0, 0.1) is 0 Å². The predicted octanol–water partition coefficient (Wildman–Crippen LogP) is 2.34. The number of allylic oxidation sites excluding steroid dienone is 6. The first-order valence-electron chi connectivity index (χ1n) is 3.58. The molecule has 0 aromatic carbocycles. The Morgan fingerprint density at radius 1 is 1.09 bits per heavy atom. The molecule has 0 unspecified atom stereocenters. The number of hydrogen-bond donors (Lipinski definition) is 0. The van der Waals surface area contributed by atoms with Crippen LogP contribution in [0.2, 0.25) is 0 Å². The Balaban J connectivity index is 2.39. The van der Waals surface area contributed by atoms with Crippen LogP contribution in [0.1, 0.15) is 0 Å². The average molecular weight is 143 g/mol. The zero-order valence-electron chi connectivity index (χ0n) is 6.20. The summed E-state index contributed by atoms with van der Waals surface area (Å²) < 4.78 is 0. The number of rotatable bonds is 0. The van der Waals surface area contributed by atoms with Crippen molar-refractivity contribution in [3.05, 3.63) is 60.6 Å². The van der Waals surface area contributed by atoms with E-state index in [0.717, 1.165) is 5.57 Å². The van der Waals surface area contributed by atoms with Gasteiger partial charge in [-0.15, -0.1) is 0 Å². The van der Waals surface area contributed by atoms with Gasteiger partial charge in [0.1, 0.15) is 0 Å². The van der Waals surface area contributed by atoms with Crippen molar-refractivity contribution in [3.63, 3.8) is 0 Å². The Bertz CT molecular complexity index is 303. The highest BCUT2D eigenvalue weighted by molar-refractivity contribution is 5.42. The second-order valence-electron chi connectivity index (χ2n) is 2.57. The van der Waals surface area contributed by atoms with Crippen molar-refractivity contribution in [2.45, 2.75) is 0 Å². The predicted molar refractivity (Wildman–Crippen MR) is 46.5 cm³/mol. The maximum atomic E-state index is 3.86. The molecule has 0 radical (unpaired) electrons. The third-order valence-corrected chi connectivity index (χ3v) is 1.71. The molecule has 0 aromatic heterocycles. The van der Waals surface area contributed by atoms with Crippen LogP contribution in [-0.2, 0) is 0 Å². The second-order valence-corrected chi connectivity index (χ2v) is 2.57. The summed E-state index contributed by atoms with van der Waals surface area (Å²) in [5.41, 5.74) is 2.23. The van der Waals surface area contributed by atoms with Gasteiger partial charge in [0.2, 0.25) is 0 Å². The van der Waals surface area contributed by atoms with Crippen molar-refractivity contribution in [1.29, 1.82) is 0 Å². The molecule has 1 nitrogen and oxygen atoms in total. The van der Waals surface area contributed by atoms with Gasteiger partial charge in [0.05, 0.1) is 0 Å². The number of hydrogen-bond acceptors (Lipinski definition) is 1. The molecule has 0 saturated carbocycles. The fourth-order valence-corrected chi connectivity index (χ4v) is 1.14. The lowest BCUT2D eigenvalue weighted by atomic mass is 10.1. The first-order chi connectivity index (χ1) is 5.36. The first kappa shape index (κ1) is 6.23. The highest BCUT2D eigenvalue weighted by atomic mass is 15.1. The van der Waals surface area contributed by atoms with Gasteiger partial charge in [0.15, 0.2) is 0 Å². The van der Waals surface area contributed by atoms with Crippen LogP contribution in [0.4, 0.5) is 0 Å². The van der Waals surface area contributed by atoms with Crippen LogP contribution in [-0.4, -0.2) is 4.90 Å². The van der Waals surface area contributed by atoms with Gasteiger partial charge in [-0.25, -0.2) is 0 Å². The van der Waals surface area contributed by atoms with Crippen LogP contribution < -0.4 is 0 Å². The molecule has 11 heavy (non-hydrogen) atoms. The lowest BCUT2D eigenvalue weighted by molar-refractivity contribution is 0.638. The highest BCUT2D eigenvalue weighted by Gasteiger charge is 2.06. The molecular formula is C10H9N. The van der Waals surface area contributed by atoms with E-state index in [9.17, 15) is 0 Å². The Morgan fingerprint density at radius 2 is 2.00 bits per heavy atom. The van der Waals surface area contributed by atoms with E-state index in [1.807, 2.05) is 30.6 Å². The summed E-state index contributed by atoms with van der Waals surface area (Å²) in [6, 6.07) is 0. The summed E-state index contributed by atoms with van der Waals surface area (Å²) >= 11 is 0. The van der Waals surface area contributed by atoms with Crippen molar-refractivity contribution in [2.75, 3.05) is 0 Å². The molecule has 2 aliphatic rings. The Labute approximate surface area is 66.3 Å². The molecule has 0 spiro atoms. The second kappa shape index (κ2) is 2.27. The van der Waals surface area contributed by atoms with Crippen LogP contribution in [0.3, 0.4) is 0 Å². The van der Waals surface area contributed by atoms with Gasteiger partial charge in [-0.05, 0) is 29.9 Å². The molecule has 1 heteroatoms. The average Bonchev–Trinajstić information content (AvgIpc) is 2.04. The minimum absolute atomic E-state index is 1.05. The zero-order chi connectivity index (χ0) is 7.68. The Kier molecular flexibility index (Phi) is 1.29. The van der Waals surface area contributed by atoms with Gasteiger partial charge < -0.3 is 4.90 Å². The number of fused-ring (bicyclic) bond motifs is 1. The van der Waals surface area contributed by atoms with Crippen molar-refractivity contribution in [3.8, 4) is 0 Å². The fraction of sp³-hybridized carbons (Fsp3) is 0. The maximum absolute atomic E-state index is 3.86. The summed E-state index contributed by atoms with van der Waals surface area (Å²) in [6.45, 7) is 3.86. The lowest BCUT2D eigenvalue weighted by Crippen LogP contribution is -2.11. The molecule has 0 aliphatic carbocycles. The fourth-order valence-electron chi connectivity index (χ4n) is 1.14. The van der Waals surface area contributed by atoms with E-state index in [1.54, 1.807) is 0 Å². The molecule has 0 N–H and O–H groups in total. The summed E-state index contributed by atoms with van der Waals surface area (Å²) in [7, 11) is 0. The van der Waals surface area contributed by atoms with Gasteiger partial charge in [0, 0.05) is 18.1 Å². The molecule has 2 rings (SSSR count). The van der Waals surface area contributed by atoms with Crippen molar-refractivity contribution >= 4 is 0 Å². The standard InChI is InChI=1S/C10H9N/c1-9-5-7-11-6-3-2-4-10(11)8-9/h2-8H,1H2. The van der Waals surface area contributed by atoms with E-state index < -0.39 is 0 Å². The zero-order valence-corrected chi connectivity index (χ0v) is 6.20. The van der Waals surface area contributed by atoms with Crippen molar-refractivity contribution in [2.24, 2.45) is 0 Å². The van der Waals surface area contributed by atoms with Crippen molar-refractivity contribution < 1.29 is 0 Å². The van der Waals surface area contributed by atoms with Gasteiger partial charge in [-0.2, -0.15) is 0 Å². The van der Waals surface area contributed by atoms with E-state index in [2.05, 4.69) is 23.6 Å². The molecule has 0 saturated heterocycles. The Hall–Kier alpha value is -1.50. The van der Waals surface area contributed by atoms with Gasteiger partial charge in [0.25, 0.3) is 0 Å². The smallest absolute Gasteiger partial charge is 0.0455 e. The molecule has 2 aliphatic heterocycles.